The number of benzene rings is 2. The number of carbonyl (C=O) groups is 1. The highest BCUT2D eigenvalue weighted by atomic mass is 32.2. The highest BCUT2D eigenvalue weighted by Gasteiger charge is 2.46. The van der Waals surface area contributed by atoms with Gasteiger partial charge >= 0.3 is 21.5 Å². The lowest BCUT2D eigenvalue weighted by Crippen LogP contribution is -2.30. The number of rotatable bonds is 8. The van der Waals surface area contributed by atoms with Crippen molar-refractivity contribution in [3.05, 3.63) is 83.2 Å². The van der Waals surface area contributed by atoms with Gasteiger partial charge in [0.15, 0.2) is 5.69 Å². The molecule has 200 valence electrons. The number of esters is 1. The number of pyridine rings is 1. The molecule has 0 amide bonds. The molecule has 4 aromatic rings. The molecular weight excluding hydrogens is 519 g/mol. The van der Waals surface area contributed by atoms with Gasteiger partial charge in [-0.05, 0) is 55.2 Å². The number of halogens is 3. The highest BCUT2D eigenvalue weighted by molar-refractivity contribution is 7.93. The van der Waals surface area contributed by atoms with Crippen LogP contribution in [-0.2, 0) is 27.7 Å². The van der Waals surface area contributed by atoms with Crippen molar-refractivity contribution >= 4 is 32.7 Å². The Labute approximate surface area is 218 Å². The van der Waals surface area contributed by atoms with E-state index < -0.39 is 21.5 Å². The van der Waals surface area contributed by atoms with E-state index in [0.717, 1.165) is 28.6 Å². The largest absolute Gasteiger partial charge is 0.516 e. The second-order valence-corrected chi connectivity index (χ2v) is 10.3. The number of alkyl halides is 3. The summed E-state index contributed by atoms with van der Waals surface area (Å²) >= 11 is 0. The molecule has 2 heterocycles. The van der Waals surface area contributed by atoms with Crippen LogP contribution in [0.25, 0.3) is 22.2 Å². The van der Waals surface area contributed by atoms with Crippen LogP contribution in [0.15, 0.2) is 60.7 Å². The minimum atomic E-state index is -5.56. The first-order valence-electron chi connectivity index (χ1n) is 11.9. The molecule has 2 aromatic heterocycles. The Kier molecular flexibility index (Phi) is 7.50. The summed E-state index contributed by atoms with van der Waals surface area (Å²) in [6.45, 7) is 6.35. The van der Waals surface area contributed by atoms with E-state index in [0.29, 0.717) is 23.3 Å². The molecular formula is C27H26F3N3O4S. The molecule has 1 N–H and O–H groups in total. The van der Waals surface area contributed by atoms with E-state index >= 15 is 0 Å². The molecule has 38 heavy (non-hydrogen) atoms. The standard InChI is InChI=1S/C27H26F3N3O4S/c1-4-20-15-22-17(3)14-24(26(34)37-5-2)31-25(22)33(20)16-18-10-12-19(13-11-18)21-8-6-7-9-23(21)32-38(35,36)27(28,29)30/h6-15,32H,4-5,16H2,1-3H3. The van der Waals surface area contributed by atoms with Crippen molar-refractivity contribution in [3.8, 4) is 11.1 Å². The quantitative estimate of drug-likeness (QED) is 0.272. The molecule has 0 saturated carbocycles. The number of nitrogens with one attached hydrogen (secondary N) is 1. The highest BCUT2D eigenvalue weighted by Crippen LogP contribution is 2.33. The van der Waals surface area contributed by atoms with Gasteiger partial charge in [-0.25, -0.2) is 9.78 Å². The van der Waals surface area contributed by atoms with Crippen molar-refractivity contribution in [1.29, 1.82) is 0 Å². The van der Waals surface area contributed by atoms with E-state index in [1.807, 2.05) is 36.6 Å². The lowest BCUT2D eigenvalue weighted by Gasteiger charge is -2.15. The zero-order valence-electron chi connectivity index (χ0n) is 21.0. The third-order valence-corrected chi connectivity index (χ3v) is 7.19. The molecule has 0 atom stereocenters. The number of nitrogens with zero attached hydrogens (tertiary/aromatic N) is 2. The fourth-order valence-corrected chi connectivity index (χ4v) is 4.79. The molecule has 0 radical (unpaired) electrons. The molecule has 0 spiro atoms. The second-order valence-electron chi connectivity index (χ2n) is 8.65. The first-order valence-corrected chi connectivity index (χ1v) is 13.4. The van der Waals surface area contributed by atoms with Gasteiger partial charge in [0.05, 0.1) is 12.3 Å². The smallest absolute Gasteiger partial charge is 0.461 e. The van der Waals surface area contributed by atoms with Crippen LogP contribution in [0.1, 0.15) is 41.2 Å². The molecule has 0 fully saturated rings. The van der Waals surface area contributed by atoms with Crippen LogP contribution in [0.5, 0.6) is 0 Å². The van der Waals surface area contributed by atoms with Crippen LogP contribution in [0.4, 0.5) is 18.9 Å². The van der Waals surface area contributed by atoms with Gasteiger partial charge in [-0.15, -0.1) is 0 Å². The van der Waals surface area contributed by atoms with Crippen LogP contribution in [0.3, 0.4) is 0 Å². The molecule has 0 bridgehead atoms. The number of anilines is 1. The fourth-order valence-electron chi connectivity index (χ4n) is 4.21. The van der Waals surface area contributed by atoms with Gasteiger partial charge < -0.3 is 9.30 Å². The number of sulfonamides is 1. The Morgan fingerprint density at radius 1 is 1.05 bits per heavy atom. The Hall–Kier alpha value is -3.86. The molecule has 0 aliphatic rings. The lowest BCUT2D eigenvalue weighted by molar-refractivity contribution is -0.0429. The zero-order chi connectivity index (χ0) is 27.7. The number of fused-ring (bicyclic) bond motifs is 1. The molecule has 2 aromatic carbocycles. The van der Waals surface area contributed by atoms with E-state index in [4.69, 9.17) is 4.74 Å². The number of carbonyl (C=O) groups excluding carboxylic acids is 1. The normalized spacial score (nSPS) is 12.1. The number of aryl methyl sites for hydroxylation is 2. The maximum Gasteiger partial charge on any atom is 0.516 e. The van der Waals surface area contributed by atoms with E-state index in [2.05, 4.69) is 4.98 Å². The molecule has 7 nitrogen and oxygen atoms in total. The predicted molar refractivity (Wildman–Crippen MR) is 139 cm³/mol. The third-order valence-electron chi connectivity index (χ3n) is 6.09. The minimum absolute atomic E-state index is 0.173. The van der Waals surface area contributed by atoms with Crippen molar-refractivity contribution in [3.63, 3.8) is 0 Å². The third kappa shape index (κ3) is 5.38. The van der Waals surface area contributed by atoms with Gasteiger partial charge in [0.2, 0.25) is 0 Å². The second kappa shape index (κ2) is 10.5. The number of aromatic nitrogens is 2. The van der Waals surface area contributed by atoms with E-state index in [1.54, 1.807) is 42.0 Å². The van der Waals surface area contributed by atoms with Crippen LogP contribution >= 0.6 is 0 Å². The van der Waals surface area contributed by atoms with Crippen LogP contribution < -0.4 is 4.72 Å². The fraction of sp³-hybridized carbons (Fsp3) is 0.259. The summed E-state index contributed by atoms with van der Waals surface area (Å²) in [6.07, 6.45) is 0.731. The van der Waals surface area contributed by atoms with Gasteiger partial charge in [0.25, 0.3) is 0 Å². The number of para-hydroxylation sites is 1. The number of hydrogen-bond donors (Lipinski definition) is 1. The molecule has 0 saturated heterocycles. The summed E-state index contributed by atoms with van der Waals surface area (Å²) in [5, 5.41) is 0.928. The van der Waals surface area contributed by atoms with E-state index in [-0.39, 0.29) is 18.0 Å². The molecule has 4 rings (SSSR count). The molecule has 11 heteroatoms. The van der Waals surface area contributed by atoms with Crippen molar-refractivity contribution < 1.29 is 31.1 Å². The molecule has 0 aliphatic heterocycles. The zero-order valence-corrected chi connectivity index (χ0v) is 21.8. The first-order chi connectivity index (χ1) is 17.9. The van der Waals surface area contributed by atoms with Crippen molar-refractivity contribution in [2.45, 2.75) is 39.2 Å². The van der Waals surface area contributed by atoms with E-state index in [9.17, 15) is 26.4 Å². The summed E-state index contributed by atoms with van der Waals surface area (Å²) in [7, 11) is -5.56. The van der Waals surface area contributed by atoms with Crippen molar-refractivity contribution in [2.75, 3.05) is 11.3 Å². The summed E-state index contributed by atoms with van der Waals surface area (Å²) in [5.41, 5.74) is -1.06. The monoisotopic (exact) mass is 545 g/mol. The van der Waals surface area contributed by atoms with E-state index in [1.165, 1.54) is 12.1 Å². The Balaban J connectivity index is 1.68. The summed E-state index contributed by atoms with van der Waals surface area (Å²) in [6, 6.07) is 16.7. The maximum absolute atomic E-state index is 12.9. The van der Waals surface area contributed by atoms with Gasteiger partial charge in [-0.3, -0.25) is 4.72 Å². The Morgan fingerprint density at radius 2 is 1.74 bits per heavy atom. The Morgan fingerprint density at radius 3 is 2.37 bits per heavy atom. The summed E-state index contributed by atoms with van der Waals surface area (Å²) in [4.78, 5) is 16.9. The average Bonchev–Trinajstić information content (AvgIpc) is 3.22. The van der Waals surface area contributed by atoms with Gasteiger partial charge in [0.1, 0.15) is 5.65 Å². The SMILES string of the molecule is CCOC(=O)c1cc(C)c2cc(CC)n(Cc3ccc(-c4ccccc4NS(=O)(=O)C(F)(F)F)cc3)c2n1. The topological polar surface area (TPSA) is 90.3 Å². The summed E-state index contributed by atoms with van der Waals surface area (Å²) in [5.74, 6) is -0.493. The average molecular weight is 546 g/mol. The first kappa shape index (κ1) is 27.2. The number of ether oxygens (including phenoxy) is 1. The summed E-state index contributed by atoms with van der Waals surface area (Å²) < 4.78 is 70.8. The Bertz CT molecular complexity index is 1590. The number of hydrogen-bond acceptors (Lipinski definition) is 5. The maximum atomic E-state index is 12.9. The predicted octanol–water partition coefficient (Wildman–Crippen LogP) is 6.06. The van der Waals surface area contributed by atoms with Gasteiger partial charge in [0, 0.05) is 23.2 Å². The van der Waals surface area contributed by atoms with Crippen molar-refractivity contribution in [1.82, 2.24) is 9.55 Å². The molecule has 0 aliphatic carbocycles. The minimum Gasteiger partial charge on any atom is -0.461 e. The van der Waals surface area contributed by atoms with Crippen LogP contribution in [0.2, 0.25) is 0 Å². The van der Waals surface area contributed by atoms with Gasteiger partial charge in [-0.1, -0.05) is 49.4 Å². The van der Waals surface area contributed by atoms with Crippen LogP contribution in [-0.4, -0.2) is 36.1 Å². The molecule has 0 unspecified atom stereocenters. The lowest BCUT2D eigenvalue weighted by atomic mass is 10.0. The van der Waals surface area contributed by atoms with Crippen LogP contribution in [0, 0.1) is 6.92 Å². The van der Waals surface area contributed by atoms with Crippen molar-refractivity contribution in [2.24, 2.45) is 0 Å². The van der Waals surface area contributed by atoms with Gasteiger partial charge in [-0.2, -0.15) is 21.6 Å².